The number of ether oxygens (including phenoxy) is 2. The Morgan fingerprint density at radius 1 is 1.15 bits per heavy atom. The van der Waals surface area contributed by atoms with E-state index in [1.54, 1.807) is 13.0 Å². The summed E-state index contributed by atoms with van der Waals surface area (Å²) in [5, 5.41) is 5.88. The number of carbonyl (C=O) groups is 1. The molecule has 0 bridgehead atoms. The summed E-state index contributed by atoms with van der Waals surface area (Å²) in [6, 6.07) is 3.82. The molecule has 0 spiro atoms. The van der Waals surface area contributed by atoms with Gasteiger partial charge in [-0.05, 0) is 43.9 Å². The minimum Gasteiger partial charge on any atom is -0.365 e. The van der Waals surface area contributed by atoms with Crippen LogP contribution in [-0.4, -0.2) is 41.3 Å². The van der Waals surface area contributed by atoms with Crippen molar-refractivity contribution in [3.05, 3.63) is 52.0 Å². The van der Waals surface area contributed by atoms with E-state index in [1.807, 2.05) is 0 Å². The third-order valence-corrected chi connectivity index (χ3v) is 5.97. The number of halogens is 4. The van der Waals surface area contributed by atoms with Gasteiger partial charge in [-0.2, -0.15) is 13.2 Å². The minimum absolute atomic E-state index is 0.0670. The molecule has 34 heavy (non-hydrogen) atoms. The first-order valence-corrected chi connectivity index (χ1v) is 11.1. The summed E-state index contributed by atoms with van der Waals surface area (Å²) in [6.45, 7) is 3.83. The first kappa shape index (κ1) is 24.3. The zero-order chi connectivity index (χ0) is 24.5. The number of anilines is 1. The minimum atomic E-state index is -4.45. The normalized spacial score (nSPS) is 20.8. The van der Waals surface area contributed by atoms with Crippen molar-refractivity contribution in [2.75, 3.05) is 18.5 Å². The van der Waals surface area contributed by atoms with E-state index in [4.69, 9.17) is 9.47 Å². The monoisotopic (exact) mass is 482 g/mol. The summed E-state index contributed by atoms with van der Waals surface area (Å²) in [5.41, 5.74) is 0.693. The molecule has 184 valence electrons. The molecule has 0 atom stereocenters. The molecule has 2 N–H and O–H groups in total. The molecule has 1 saturated carbocycles. The van der Waals surface area contributed by atoms with Crippen molar-refractivity contribution in [3.63, 3.8) is 0 Å². The fourth-order valence-electron chi connectivity index (χ4n) is 4.14. The van der Waals surface area contributed by atoms with Gasteiger partial charge in [-0.15, -0.1) is 0 Å². The summed E-state index contributed by atoms with van der Waals surface area (Å²) in [4.78, 5) is 21.4. The van der Waals surface area contributed by atoms with E-state index in [2.05, 4.69) is 20.6 Å². The predicted octanol–water partition coefficient (Wildman–Crippen LogP) is 3.93. The van der Waals surface area contributed by atoms with Crippen molar-refractivity contribution in [1.82, 2.24) is 15.3 Å². The van der Waals surface area contributed by atoms with Crippen LogP contribution < -0.4 is 10.6 Å². The van der Waals surface area contributed by atoms with Crippen molar-refractivity contribution in [2.24, 2.45) is 0 Å². The summed E-state index contributed by atoms with van der Waals surface area (Å²) in [5.74, 6) is 0.390. The van der Waals surface area contributed by atoms with Crippen molar-refractivity contribution in [3.8, 4) is 0 Å². The van der Waals surface area contributed by atoms with Gasteiger partial charge in [0.2, 0.25) is 5.91 Å². The Morgan fingerprint density at radius 2 is 1.85 bits per heavy atom. The number of amides is 1. The molecule has 1 aromatic carbocycles. The van der Waals surface area contributed by atoms with Crippen LogP contribution in [0.15, 0.2) is 18.2 Å². The highest BCUT2D eigenvalue weighted by atomic mass is 19.4. The second-order valence-electron chi connectivity index (χ2n) is 8.50. The van der Waals surface area contributed by atoms with E-state index < -0.39 is 24.2 Å². The number of carbonyl (C=O) groups excluding carboxylic acids is 1. The Morgan fingerprint density at radius 3 is 2.50 bits per heavy atom. The molecule has 2 fully saturated rings. The Hall–Kier alpha value is -2.79. The molecular formula is C23H26F4N4O3. The number of alkyl halides is 4. The van der Waals surface area contributed by atoms with E-state index in [1.165, 1.54) is 13.0 Å². The second-order valence-corrected chi connectivity index (χ2v) is 8.50. The molecule has 1 amide bonds. The molecule has 11 heteroatoms. The van der Waals surface area contributed by atoms with Gasteiger partial charge in [0, 0.05) is 12.6 Å². The molecule has 2 heterocycles. The first-order valence-electron chi connectivity index (χ1n) is 11.1. The summed E-state index contributed by atoms with van der Waals surface area (Å²) < 4.78 is 64.2. The van der Waals surface area contributed by atoms with Crippen LogP contribution in [0.1, 0.15) is 52.9 Å². The molecule has 1 aromatic heterocycles. The predicted molar refractivity (Wildman–Crippen MR) is 115 cm³/mol. The van der Waals surface area contributed by atoms with Gasteiger partial charge in [0.15, 0.2) is 6.29 Å². The SMILES string of the molecule is Cc1nc(CC(=O)NC2CC(F)C2)c(C2OCCO2)c(NCc2cccc(C(F)(F)F)c2C)n1. The molecule has 1 aliphatic carbocycles. The Bertz CT molecular complexity index is 1050. The van der Waals surface area contributed by atoms with E-state index in [-0.39, 0.29) is 30.5 Å². The number of hydrogen-bond donors (Lipinski definition) is 2. The average molecular weight is 482 g/mol. The number of aryl methyl sites for hydroxylation is 1. The largest absolute Gasteiger partial charge is 0.416 e. The highest BCUT2D eigenvalue weighted by Gasteiger charge is 2.34. The molecule has 2 aromatic rings. The van der Waals surface area contributed by atoms with Crippen molar-refractivity contribution >= 4 is 11.7 Å². The van der Waals surface area contributed by atoms with Gasteiger partial charge >= 0.3 is 6.18 Å². The lowest BCUT2D eigenvalue weighted by Gasteiger charge is -2.30. The van der Waals surface area contributed by atoms with E-state index >= 15 is 0 Å². The van der Waals surface area contributed by atoms with Crippen molar-refractivity contribution in [2.45, 2.75) is 64.3 Å². The zero-order valence-corrected chi connectivity index (χ0v) is 18.8. The fourth-order valence-corrected chi connectivity index (χ4v) is 4.14. The number of nitrogens with zero attached hydrogens (tertiary/aromatic N) is 2. The molecule has 2 aliphatic rings. The van der Waals surface area contributed by atoms with Crippen LogP contribution in [0.4, 0.5) is 23.4 Å². The second kappa shape index (κ2) is 9.83. The molecule has 1 aliphatic heterocycles. The van der Waals surface area contributed by atoms with Gasteiger partial charge in [0.25, 0.3) is 0 Å². The van der Waals surface area contributed by atoms with Gasteiger partial charge in [-0.1, -0.05) is 12.1 Å². The van der Waals surface area contributed by atoms with Gasteiger partial charge in [-0.25, -0.2) is 14.4 Å². The smallest absolute Gasteiger partial charge is 0.365 e. The van der Waals surface area contributed by atoms with Gasteiger partial charge < -0.3 is 20.1 Å². The number of nitrogens with one attached hydrogen (secondary N) is 2. The van der Waals surface area contributed by atoms with E-state index in [9.17, 15) is 22.4 Å². The quantitative estimate of drug-likeness (QED) is 0.582. The maximum atomic E-state index is 13.3. The van der Waals surface area contributed by atoms with Crippen LogP contribution in [0.5, 0.6) is 0 Å². The highest BCUT2D eigenvalue weighted by Crippen LogP contribution is 2.34. The zero-order valence-electron chi connectivity index (χ0n) is 18.8. The third-order valence-electron chi connectivity index (χ3n) is 5.97. The van der Waals surface area contributed by atoms with Crippen LogP contribution in [0, 0.1) is 13.8 Å². The van der Waals surface area contributed by atoms with Crippen LogP contribution in [0.3, 0.4) is 0 Å². The molecule has 4 rings (SSSR count). The highest BCUT2D eigenvalue weighted by molar-refractivity contribution is 5.79. The summed E-state index contributed by atoms with van der Waals surface area (Å²) in [7, 11) is 0. The van der Waals surface area contributed by atoms with E-state index in [0.29, 0.717) is 54.5 Å². The van der Waals surface area contributed by atoms with Crippen molar-refractivity contribution in [1.29, 1.82) is 0 Å². The number of aromatic nitrogens is 2. The van der Waals surface area contributed by atoms with E-state index in [0.717, 1.165) is 6.07 Å². The lowest BCUT2D eigenvalue weighted by Crippen LogP contribution is -2.45. The van der Waals surface area contributed by atoms with Crippen molar-refractivity contribution < 1.29 is 31.8 Å². The molecule has 7 nitrogen and oxygen atoms in total. The summed E-state index contributed by atoms with van der Waals surface area (Å²) >= 11 is 0. The molecule has 0 radical (unpaired) electrons. The van der Waals surface area contributed by atoms with Gasteiger partial charge in [0.05, 0.1) is 36.5 Å². The lowest BCUT2D eigenvalue weighted by atomic mass is 9.90. The Balaban J connectivity index is 1.59. The van der Waals surface area contributed by atoms with Crippen LogP contribution in [-0.2, 0) is 33.4 Å². The number of benzene rings is 1. The van der Waals surface area contributed by atoms with Crippen LogP contribution >= 0.6 is 0 Å². The molecule has 1 saturated heterocycles. The standard InChI is InChI=1S/C23H26F4N4O3/c1-12-14(4-3-5-17(12)23(25,26)27)11-28-21-20(22-33-6-7-34-22)18(29-13(2)30-21)10-19(32)31-16-8-15(24)9-16/h3-5,15-16,22H,6-11H2,1-2H3,(H,31,32)(H,28,29,30). The molecule has 0 unspecified atom stereocenters. The maximum Gasteiger partial charge on any atom is 0.416 e. The third kappa shape index (κ3) is 5.47. The topological polar surface area (TPSA) is 85.4 Å². The maximum absolute atomic E-state index is 13.3. The van der Waals surface area contributed by atoms with Crippen LogP contribution in [0.2, 0.25) is 0 Å². The van der Waals surface area contributed by atoms with Gasteiger partial charge in [-0.3, -0.25) is 4.79 Å². The Kier molecular flexibility index (Phi) is 7.04. The number of rotatable bonds is 7. The summed E-state index contributed by atoms with van der Waals surface area (Å²) in [6.07, 6.45) is -5.67. The average Bonchev–Trinajstić information content (AvgIpc) is 3.25. The van der Waals surface area contributed by atoms with Gasteiger partial charge in [0.1, 0.15) is 17.8 Å². The number of hydrogen-bond acceptors (Lipinski definition) is 6. The lowest BCUT2D eigenvalue weighted by molar-refractivity contribution is -0.138. The first-order chi connectivity index (χ1) is 16.1. The van der Waals surface area contributed by atoms with Crippen LogP contribution in [0.25, 0.3) is 0 Å². The molecular weight excluding hydrogens is 456 g/mol. The fraction of sp³-hybridized carbons (Fsp3) is 0.522. The Labute approximate surface area is 194 Å².